The fourth-order valence-corrected chi connectivity index (χ4v) is 3.58. The van der Waals surface area contributed by atoms with E-state index in [1.807, 2.05) is 13.8 Å². The first-order chi connectivity index (χ1) is 16.2. The first-order valence-corrected chi connectivity index (χ1v) is 10.4. The van der Waals surface area contributed by atoms with Crippen molar-refractivity contribution in [2.24, 2.45) is 5.10 Å². The van der Waals surface area contributed by atoms with E-state index in [0.29, 0.717) is 39.6 Å². The van der Waals surface area contributed by atoms with Crippen LogP contribution in [-0.2, 0) is 9.53 Å². The Hall–Kier alpha value is -4.53. The number of aryl methyl sites for hydroxylation is 2. The average Bonchev–Trinajstić information content (AvgIpc) is 3.40. The van der Waals surface area contributed by atoms with Crippen LogP contribution in [0.15, 0.2) is 63.6 Å². The van der Waals surface area contributed by atoms with Crippen LogP contribution >= 0.6 is 0 Å². The molecule has 2 aromatic carbocycles. The number of amides is 1. The maximum absolute atomic E-state index is 13.0. The Morgan fingerprint density at radius 1 is 1.09 bits per heavy atom. The molecule has 1 aliphatic heterocycles. The lowest BCUT2D eigenvalue weighted by molar-refractivity contribution is -0.384. The summed E-state index contributed by atoms with van der Waals surface area (Å²) < 4.78 is 10.5. The summed E-state index contributed by atoms with van der Waals surface area (Å²) >= 11 is 0. The lowest BCUT2D eigenvalue weighted by atomic mass is 10.0. The number of methoxy groups -OCH3 is 1. The highest BCUT2D eigenvalue weighted by Gasteiger charge is 2.29. The second kappa shape index (κ2) is 8.78. The topological polar surface area (TPSA) is 115 Å². The number of furan rings is 1. The Bertz CT molecular complexity index is 1380. The van der Waals surface area contributed by atoms with Gasteiger partial charge >= 0.3 is 5.97 Å². The van der Waals surface area contributed by atoms with Gasteiger partial charge in [0.2, 0.25) is 0 Å². The van der Waals surface area contributed by atoms with Gasteiger partial charge in [-0.15, -0.1) is 0 Å². The molecule has 1 amide bonds. The lowest BCUT2D eigenvalue weighted by Crippen LogP contribution is -2.21. The molecule has 0 radical (unpaired) electrons. The smallest absolute Gasteiger partial charge is 0.337 e. The van der Waals surface area contributed by atoms with Gasteiger partial charge < -0.3 is 9.15 Å². The molecule has 0 fully saturated rings. The first-order valence-electron chi connectivity index (χ1n) is 10.4. The number of ether oxygens (including phenoxy) is 1. The molecular weight excluding hydrogens is 438 g/mol. The third-order valence-electron chi connectivity index (χ3n) is 5.58. The van der Waals surface area contributed by atoms with Crippen molar-refractivity contribution in [2.75, 3.05) is 12.1 Å². The number of esters is 1. The van der Waals surface area contributed by atoms with E-state index in [0.717, 1.165) is 11.1 Å². The molecule has 0 unspecified atom stereocenters. The van der Waals surface area contributed by atoms with Gasteiger partial charge in [0.1, 0.15) is 11.5 Å². The average molecular weight is 459 g/mol. The number of benzene rings is 2. The Kier molecular flexibility index (Phi) is 5.85. The summed E-state index contributed by atoms with van der Waals surface area (Å²) in [4.78, 5) is 35.7. The Balaban J connectivity index is 1.63. The first kappa shape index (κ1) is 22.7. The van der Waals surface area contributed by atoms with Crippen molar-refractivity contribution in [1.29, 1.82) is 0 Å². The number of hydrogen-bond acceptors (Lipinski definition) is 7. The largest absolute Gasteiger partial charge is 0.465 e. The fourth-order valence-electron chi connectivity index (χ4n) is 3.58. The summed E-state index contributed by atoms with van der Waals surface area (Å²) in [7, 11) is 1.29. The quantitative estimate of drug-likeness (QED) is 0.228. The molecular formula is C25H21N3O6. The fraction of sp³-hybridized carbons (Fsp3) is 0.160. The molecule has 9 heteroatoms. The minimum atomic E-state index is -0.475. The normalized spacial score (nSPS) is 14.5. The number of hydrogen-bond donors (Lipinski definition) is 0. The van der Waals surface area contributed by atoms with Gasteiger partial charge in [-0.3, -0.25) is 14.9 Å². The molecule has 0 bridgehead atoms. The van der Waals surface area contributed by atoms with E-state index < -0.39 is 10.9 Å². The predicted octanol–water partition coefficient (Wildman–Crippen LogP) is 5.06. The minimum Gasteiger partial charge on any atom is -0.465 e. The number of anilines is 1. The maximum atomic E-state index is 13.0. The van der Waals surface area contributed by atoms with Crippen molar-refractivity contribution in [3.63, 3.8) is 0 Å². The number of nitro groups is 1. The van der Waals surface area contributed by atoms with Crippen molar-refractivity contribution in [2.45, 2.75) is 20.8 Å². The van der Waals surface area contributed by atoms with Gasteiger partial charge in [0, 0.05) is 6.07 Å². The molecule has 2 heterocycles. The number of carbonyl (C=O) groups is 2. The van der Waals surface area contributed by atoms with Gasteiger partial charge in [-0.05, 0) is 80.4 Å². The van der Waals surface area contributed by atoms with Crippen molar-refractivity contribution < 1.29 is 23.7 Å². The zero-order chi connectivity index (χ0) is 24.6. The Morgan fingerprint density at radius 2 is 1.76 bits per heavy atom. The zero-order valence-electron chi connectivity index (χ0n) is 19.0. The molecule has 1 aliphatic rings. The molecule has 4 rings (SSSR count). The monoisotopic (exact) mass is 459 g/mol. The molecule has 0 atom stereocenters. The van der Waals surface area contributed by atoms with E-state index in [1.165, 1.54) is 18.2 Å². The predicted molar refractivity (Wildman–Crippen MR) is 127 cm³/mol. The van der Waals surface area contributed by atoms with Crippen molar-refractivity contribution >= 4 is 35.0 Å². The van der Waals surface area contributed by atoms with Crippen LogP contribution in [0, 0.1) is 24.0 Å². The Labute approximate surface area is 195 Å². The number of nitrogens with zero attached hydrogens (tertiary/aromatic N) is 3. The van der Waals surface area contributed by atoms with Crippen LogP contribution in [0.25, 0.3) is 17.4 Å². The highest BCUT2D eigenvalue weighted by atomic mass is 16.6. The molecule has 0 saturated heterocycles. The molecule has 0 aliphatic carbocycles. The maximum Gasteiger partial charge on any atom is 0.337 e. The van der Waals surface area contributed by atoms with Gasteiger partial charge in [-0.25, -0.2) is 4.79 Å². The highest BCUT2D eigenvalue weighted by molar-refractivity contribution is 6.32. The summed E-state index contributed by atoms with van der Waals surface area (Å²) in [5.41, 5.74) is 3.70. The van der Waals surface area contributed by atoms with Crippen LogP contribution in [0.5, 0.6) is 0 Å². The van der Waals surface area contributed by atoms with Gasteiger partial charge in [-0.1, -0.05) is 0 Å². The molecule has 3 aromatic rings. The zero-order valence-corrected chi connectivity index (χ0v) is 19.0. The molecule has 0 spiro atoms. The van der Waals surface area contributed by atoms with Gasteiger partial charge in [0.25, 0.3) is 11.6 Å². The van der Waals surface area contributed by atoms with E-state index in [1.54, 1.807) is 55.5 Å². The van der Waals surface area contributed by atoms with Crippen LogP contribution in [0.2, 0.25) is 0 Å². The summed E-state index contributed by atoms with van der Waals surface area (Å²) in [6.07, 6.45) is 1.56. The summed E-state index contributed by atoms with van der Waals surface area (Å²) in [5, 5.41) is 17.1. The molecule has 172 valence electrons. The number of nitro benzene ring substituents is 1. The van der Waals surface area contributed by atoms with Crippen molar-refractivity contribution in [1.82, 2.24) is 0 Å². The SMILES string of the molecule is COC(=O)c1ccc(N2N=C(C)/C(=C\c3ccc(-c4cc(C)c(C)cc4[N+](=O)[O-])o3)C2=O)cc1. The second-order valence-corrected chi connectivity index (χ2v) is 7.81. The third kappa shape index (κ3) is 4.11. The molecule has 9 nitrogen and oxygen atoms in total. The Morgan fingerprint density at radius 3 is 2.41 bits per heavy atom. The van der Waals surface area contributed by atoms with E-state index in [2.05, 4.69) is 9.84 Å². The molecule has 34 heavy (non-hydrogen) atoms. The molecule has 0 N–H and O–H groups in total. The van der Waals surface area contributed by atoms with Crippen LogP contribution in [0.1, 0.15) is 34.2 Å². The summed E-state index contributed by atoms with van der Waals surface area (Å²) in [5.74, 6) is -0.143. The molecule has 0 saturated carbocycles. The highest BCUT2D eigenvalue weighted by Crippen LogP contribution is 2.34. The van der Waals surface area contributed by atoms with E-state index in [-0.39, 0.29) is 11.6 Å². The summed E-state index contributed by atoms with van der Waals surface area (Å²) in [6, 6.07) is 12.8. The third-order valence-corrected chi connectivity index (χ3v) is 5.58. The van der Waals surface area contributed by atoms with E-state index in [4.69, 9.17) is 4.42 Å². The van der Waals surface area contributed by atoms with Crippen molar-refractivity contribution in [3.05, 3.63) is 86.7 Å². The standard InChI is InChI=1S/C25H21N3O6/c1-14-11-21(22(28(31)32)12-15(14)2)23-10-9-19(34-23)13-20-16(3)26-27(24(20)29)18-7-5-17(6-8-18)25(30)33-4/h5-13H,1-4H3/b20-13+. The number of carbonyl (C=O) groups excluding carboxylic acids is 2. The minimum absolute atomic E-state index is 0.0482. The van der Waals surface area contributed by atoms with E-state index in [9.17, 15) is 19.7 Å². The van der Waals surface area contributed by atoms with Crippen LogP contribution in [-0.4, -0.2) is 29.6 Å². The number of rotatable bonds is 5. The van der Waals surface area contributed by atoms with Gasteiger partial charge in [-0.2, -0.15) is 10.1 Å². The van der Waals surface area contributed by atoms with E-state index >= 15 is 0 Å². The molecule has 1 aromatic heterocycles. The summed E-state index contributed by atoms with van der Waals surface area (Å²) in [6.45, 7) is 5.38. The second-order valence-electron chi connectivity index (χ2n) is 7.81. The van der Waals surface area contributed by atoms with Gasteiger partial charge in [0.05, 0.1) is 40.1 Å². The van der Waals surface area contributed by atoms with Gasteiger partial charge in [0.15, 0.2) is 0 Å². The number of hydrazone groups is 1. The van der Waals surface area contributed by atoms with Crippen molar-refractivity contribution in [3.8, 4) is 11.3 Å². The van der Waals surface area contributed by atoms with Crippen LogP contribution in [0.3, 0.4) is 0 Å². The lowest BCUT2D eigenvalue weighted by Gasteiger charge is -2.12. The van der Waals surface area contributed by atoms with Crippen LogP contribution in [0.4, 0.5) is 11.4 Å². The van der Waals surface area contributed by atoms with Crippen LogP contribution < -0.4 is 5.01 Å².